The third-order valence-corrected chi connectivity index (χ3v) is 4.42. The number of benzene rings is 2. The van der Waals surface area contributed by atoms with Crippen LogP contribution in [0.1, 0.15) is 24.9 Å². The molecule has 1 atom stereocenters. The van der Waals surface area contributed by atoms with Crippen LogP contribution in [0, 0.1) is 0 Å². The predicted octanol–water partition coefficient (Wildman–Crippen LogP) is 4.90. The van der Waals surface area contributed by atoms with E-state index in [-0.39, 0.29) is 6.04 Å². The van der Waals surface area contributed by atoms with Gasteiger partial charge in [0.25, 0.3) is 0 Å². The molecule has 0 spiro atoms. The molecule has 0 aliphatic heterocycles. The summed E-state index contributed by atoms with van der Waals surface area (Å²) in [4.78, 5) is 2.25. The van der Waals surface area contributed by atoms with Crippen LogP contribution < -0.4 is 5.73 Å². The van der Waals surface area contributed by atoms with E-state index in [1.165, 1.54) is 10.5 Å². The van der Waals surface area contributed by atoms with Crippen LogP contribution in [-0.4, -0.2) is 0 Å². The summed E-state index contributed by atoms with van der Waals surface area (Å²) in [6.07, 6.45) is 0.931. The van der Waals surface area contributed by atoms with Crippen molar-refractivity contribution in [1.29, 1.82) is 0 Å². The summed E-state index contributed by atoms with van der Waals surface area (Å²) < 4.78 is 0. The SMILES string of the molecule is CCC(N)c1ccccc1Sc1ccccc1Cl. The first kappa shape index (κ1) is 13.5. The molecule has 3 heteroatoms. The molecule has 0 fully saturated rings. The van der Waals surface area contributed by atoms with Crippen LogP contribution in [0.4, 0.5) is 0 Å². The first-order valence-electron chi connectivity index (χ1n) is 5.99. The van der Waals surface area contributed by atoms with Gasteiger partial charge in [0, 0.05) is 15.8 Å². The Kier molecular flexibility index (Phi) is 4.70. The van der Waals surface area contributed by atoms with E-state index in [9.17, 15) is 0 Å². The van der Waals surface area contributed by atoms with Crippen molar-refractivity contribution in [2.24, 2.45) is 5.73 Å². The molecule has 0 radical (unpaired) electrons. The van der Waals surface area contributed by atoms with E-state index in [2.05, 4.69) is 19.1 Å². The molecule has 0 heterocycles. The lowest BCUT2D eigenvalue weighted by Gasteiger charge is -2.14. The Hall–Kier alpha value is -0.960. The molecule has 0 saturated heterocycles. The molecule has 0 aliphatic rings. The maximum absolute atomic E-state index is 6.19. The average molecular weight is 278 g/mol. The fourth-order valence-corrected chi connectivity index (χ4v) is 3.03. The molecular weight excluding hydrogens is 262 g/mol. The van der Waals surface area contributed by atoms with Crippen LogP contribution in [0.25, 0.3) is 0 Å². The van der Waals surface area contributed by atoms with Gasteiger partial charge >= 0.3 is 0 Å². The van der Waals surface area contributed by atoms with Crippen molar-refractivity contribution in [2.45, 2.75) is 29.2 Å². The minimum atomic E-state index is 0.0798. The van der Waals surface area contributed by atoms with Gasteiger partial charge in [-0.1, -0.05) is 60.6 Å². The van der Waals surface area contributed by atoms with Crippen molar-refractivity contribution >= 4 is 23.4 Å². The number of halogens is 1. The second-order valence-electron chi connectivity index (χ2n) is 4.09. The summed E-state index contributed by atoms with van der Waals surface area (Å²) in [6.45, 7) is 2.10. The van der Waals surface area contributed by atoms with Crippen LogP contribution in [0.15, 0.2) is 58.3 Å². The van der Waals surface area contributed by atoms with E-state index < -0.39 is 0 Å². The zero-order valence-corrected chi connectivity index (χ0v) is 11.8. The second-order valence-corrected chi connectivity index (χ2v) is 5.58. The Bertz CT molecular complexity index is 527. The number of hydrogen-bond donors (Lipinski definition) is 1. The molecule has 2 N–H and O–H groups in total. The number of hydrogen-bond acceptors (Lipinski definition) is 2. The summed E-state index contributed by atoms with van der Waals surface area (Å²) in [5, 5.41) is 0.780. The van der Waals surface area contributed by atoms with Crippen molar-refractivity contribution in [2.75, 3.05) is 0 Å². The molecule has 0 amide bonds. The highest BCUT2D eigenvalue weighted by Gasteiger charge is 2.10. The van der Waals surface area contributed by atoms with Crippen molar-refractivity contribution < 1.29 is 0 Å². The van der Waals surface area contributed by atoms with E-state index >= 15 is 0 Å². The molecule has 0 bridgehead atoms. The topological polar surface area (TPSA) is 26.0 Å². The van der Waals surface area contributed by atoms with E-state index in [4.69, 9.17) is 17.3 Å². The second kappa shape index (κ2) is 6.28. The van der Waals surface area contributed by atoms with E-state index in [0.717, 1.165) is 16.3 Å². The van der Waals surface area contributed by atoms with Crippen LogP contribution in [0.5, 0.6) is 0 Å². The van der Waals surface area contributed by atoms with Gasteiger partial charge < -0.3 is 5.73 Å². The zero-order chi connectivity index (χ0) is 13.0. The Morgan fingerprint density at radius 1 is 1.06 bits per heavy atom. The lowest BCUT2D eigenvalue weighted by atomic mass is 10.1. The molecule has 1 unspecified atom stereocenters. The van der Waals surface area contributed by atoms with E-state index in [0.29, 0.717) is 0 Å². The van der Waals surface area contributed by atoms with Gasteiger partial charge in [0.15, 0.2) is 0 Å². The van der Waals surface area contributed by atoms with Crippen LogP contribution in [0.3, 0.4) is 0 Å². The molecular formula is C15H16ClNS. The summed E-state index contributed by atoms with van der Waals surface area (Å²) in [7, 11) is 0. The van der Waals surface area contributed by atoms with Crippen molar-refractivity contribution in [3.63, 3.8) is 0 Å². The first-order valence-corrected chi connectivity index (χ1v) is 7.18. The zero-order valence-electron chi connectivity index (χ0n) is 10.3. The maximum atomic E-state index is 6.19. The average Bonchev–Trinajstić information content (AvgIpc) is 2.41. The molecule has 2 aromatic rings. The Balaban J connectivity index is 2.32. The van der Waals surface area contributed by atoms with Gasteiger partial charge in [0.05, 0.1) is 5.02 Å². The number of rotatable bonds is 4. The Morgan fingerprint density at radius 3 is 2.33 bits per heavy atom. The minimum absolute atomic E-state index is 0.0798. The predicted molar refractivity (Wildman–Crippen MR) is 79.2 cm³/mol. The van der Waals surface area contributed by atoms with Crippen molar-refractivity contribution in [1.82, 2.24) is 0 Å². The highest BCUT2D eigenvalue weighted by atomic mass is 35.5. The normalized spacial score (nSPS) is 12.4. The van der Waals surface area contributed by atoms with Crippen molar-refractivity contribution in [3.8, 4) is 0 Å². The van der Waals surface area contributed by atoms with Crippen LogP contribution in [0.2, 0.25) is 5.02 Å². The highest BCUT2D eigenvalue weighted by molar-refractivity contribution is 7.99. The molecule has 0 saturated carbocycles. The maximum Gasteiger partial charge on any atom is 0.0545 e. The quantitative estimate of drug-likeness (QED) is 0.860. The molecule has 0 aliphatic carbocycles. The minimum Gasteiger partial charge on any atom is -0.324 e. The standard InChI is InChI=1S/C15H16ClNS/c1-2-13(17)11-7-3-5-9-14(11)18-15-10-6-4-8-12(15)16/h3-10,13H,2,17H2,1H3. The lowest BCUT2D eigenvalue weighted by Crippen LogP contribution is -2.09. The highest BCUT2D eigenvalue weighted by Crippen LogP contribution is 2.36. The van der Waals surface area contributed by atoms with Gasteiger partial charge in [0.2, 0.25) is 0 Å². The third kappa shape index (κ3) is 3.08. The van der Waals surface area contributed by atoms with Gasteiger partial charge in [-0.25, -0.2) is 0 Å². The summed E-state index contributed by atoms with van der Waals surface area (Å²) >= 11 is 7.86. The molecule has 1 nitrogen and oxygen atoms in total. The molecule has 2 aromatic carbocycles. The van der Waals surface area contributed by atoms with E-state index in [1.807, 2.05) is 36.4 Å². The molecule has 0 aromatic heterocycles. The largest absolute Gasteiger partial charge is 0.324 e. The first-order chi connectivity index (χ1) is 8.72. The van der Waals surface area contributed by atoms with Gasteiger partial charge in [-0.15, -0.1) is 0 Å². The fraction of sp³-hybridized carbons (Fsp3) is 0.200. The van der Waals surface area contributed by atoms with Gasteiger partial charge in [-0.05, 0) is 30.2 Å². The third-order valence-electron chi connectivity index (χ3n) is 2.81. The van der Waals surface area contributed by atoms with Crippen LogP contribution in [-0.2, 0) is 0 Å². The monoisotopic (exact) mass is 277 g/mol. The lowest BCUT2D eigenvalue weighted by molar-refractivity contribution is 0.685. The number of nitrogens with two attached hydrogens (primary N) is 1. The summed E-state index contributed by atoms with van der Waals surface area (Å²) in [5.74, 6) is 0. The van der Waals surface area contributed by atoms with E-state index in [1.54, 1.807) is 11.8 Å². The fourth-order valence-electron chi connectivity index (χ4n) is 1.75. The molecule has 18 heavy (non-hydrogen) atoms. The van der Waals surface area contributed by atoms with Crippen molar-refractivity contribution in [3.05, 3.63) is 59.1 Å². The summed E-state index contributed by atoms with van der Waals surface area (Å²) in [6, 6.07) is 16.2. The Labute approximate surface area is 117 Å². The molecule has 94 valence electrons. The molecule has 2 rings (SSSR count). The summed E-state index contributed by atoms with van der Waals surface area (Å²) in [5.41, 5.74) is 7.33. The van der Waals surface area contributed by atoms with Gasteiger partial charge in [-0.3, -0.25) is 0 Å². The smallest absolute Gasteiger partial charge is 0.0545 e. The Morgan fingerprint density at radius 2 is 1.67 bits per heavy atom. The van der Waals surface area contributed by atoms with Gasteiger partial charge in [-0.2, -0.15) is 0 Å². The van der Waals surface area contributed by atoms with Crippen LogP contribution >= 0.6 is 23.4 Å². The van der Waals surface area contributed by atoms with Gasteiger partial charge in [0.1, 0.15) is 0 Å².